The molecular weight excluding hydrogens is 328 g/mol. The van der Waals surface area contributed by atoms with E-state index in [2.05, 4.69) is 5.32 Å². The highest BCUT2D eigenvalue weighted by Crippen LogP contribution is 2.33. The highest BCUT2D eigenvalue weighted by Gasteiger charge is 2.25. The summed E-state index contributed by atoms with van der Waals surface area (Å²) >= 11 is 0. The van der Waals surface area contributed by atoms with Gasteiger partial charge in [0.25, 0.3) is 0 Å². The van der Waals surface area contributed by atoms with Gasteiger partial charge >= 0.3 is 0 Å². The maximum absolute atomic E-state index is 12.3. The van der Waals surface area contributed by atoms with Crippen molar-refractivity contribution >= 4 is 21.6 Å². The molecular formula is C17H28N2O4S. The molecule has 1 rings (SSSR count). The Bertz CT molecular complexity index is 651. The van der Waals surface area contributed by atoms with Crippen LogP contribution in [0.1, 0.15) is 32.8 Å². The third-order valence-electron chi connectivity index (χ3n) is 3.55. The molecule has 0 saturated heterocycles. The number of anilines is 1. The third kappa shape index (κ3) is 6.13. The highest BCUT2D eigenvalue weighted by atomic mass is 32.2. The van der Waals surface area contributed by atoms with Gasteiger partial charge in [0.15, 0.2) is 0 Å². The van der Waals surface area contributed by atoms with Gasteiger partial charge < -0.3 is 10.1 Å². The molecule has 1 aromatic carbocycles. The largest absolute Gasteiger partial charge is 0.383 e. The molecule has 0 saturated carbocycles. The van der Waals surface area contributed by atoms with Crippen LogP contribution in [0.4, 0.5) is 5.69 Å². The van der Waals surface area contributed by atoms with Crippen LogP contribution in [0.3, 0.4) is 0 Å². The monoisotopic (exact) mass is 356 g/mol. The van der Waals surface area contributed by atoms with Crippen molar-refractivity contribution in [2.24, 2.45) is 0 Å². The van der Waals surface area contributed by atoms with E-state index in [1.807, 2.05) is 32.9 Å². The Morgan fingerprint density at radius 1 is 1.25 bits per heavy atom. The number of para-hydroxylation sites is 1. The van der Waals surface area contributed by atoms with Crippen molar-refractivity contribution < 1.29 is 17.9 Å². The molecule has 0 radical (unpaired) electrons. The summed E-state index contributed by atoms with van der Waals surface area (Å²) in [7, 11) is -1.94. The molecule has 0 atom stereocenters. The normalized spacial score (nSPS) is 12.0. The molecule has 0 aromatic heterocycles. The summed E-state index contributed by atoms with van der Waals surface area (Å²) in [5, 5.41) is 2.70. The van der Waals surface area contributed by atoms with E-state index in [1.165, 1.54) is 4.31 Å². The smallest absolute Gasteiger partial charge is 0.232 e. The average Bonchev–Trinajstić information content (AvgIpc) is 2.46. The van der Waals surface area contributed by atoms with Gasteiger partial charge in [-0.15, -0.1) is 0 Å². The summed E-state index contributed by atoms with van der Waals surface area (Å²) in [6.07, 6.45) is 1.25. The molecule has 1 N–H and O–H groups in total. The van der Waals surface area contributed by atoms with Crippen LogP contribution in [0.25, 0.3) is 0 Å². The second-order valence-corrected chi connectivity index (χ2v) is 8.60. The standard InChI is InChI=1S/C17H28N2O4S/c1-17(2,3)14-8-6-7-9-15(14)19(24(5,21)22)12-10-16(20)18-11-13-23-4/h6-9H,10-13H2,1-5H3,(H,18,20). The van der Waals surface area contributed by atoms with E-state index < -0.39 is 10.0 Å². The number of carbonyl (C=O) groups excluding carboxylic acids is 1. The first-order valence-corrected chi connectivity index (χ1v) is 9.75. The Kier molecular flexibility index (Phi) is 7.23. The van der Waals surface area contributed by atoms with Gasteiger partial charge in [0, 0.05) is 26.6 Å². The Hall–Kier alpha value is -1.60. The highest BCUT2D eigenvalue weighted by molar-refractivity contribution is 7.92. The lowest BCUT2D eigenvalue weighted by Gasteiger charge is -2.29. The average molecular weight is 356 g/mol. The van der Waals surface area contributed by atoms with Gasteiger partial charge in [-0.1, -0.05) is 39.0 Å². The molecule has 1 aromatic rings. The molecule has 24 heavy (non-hydrogen) atoms. The first kappa shape index (κ1) is 20.4. The minimum absolute atomic E-state index is 0.0925. The molecule has 6 nitrogen and oxygen atoms in total. The summed E-state index contributed by atoms with van der Waals surface area (Å²) in [6, 6.07) is 7.40. The van der Waals surface area contributed by atoms with Gasteiger partial charge in [0.05, 0.1) is 18.6 Å². The van der Waals surface area contributed by atoms with Crippen molar-refractivity contribution in [3.8, 4) is 0 Å². The number of ether oxygens (including phenoxy) is 1. The lowest BCUT2D eigenvalue weighted by atomic mass is 9.86. The van der Waals surface area contributed by atoms with Gasteiger partial charge in [0.2, 0.25) is 15.9 Å². The number of benzene rings is 1. The van der Waals surface area contributed by atoms with Crippen LogP contribution in [-0.4, -0.2) is 47.4 Å². The van der Waals surface area contributed by atoms with E-state index in [-0.39, 0.29) is 24.3 Å². The summed E-state index contributed by atoms with van der Waals surface area (Å²) in [4.78, 5) is 11.9. The van der Waals surface area contributed by atoms with E-state index >= 15 is 0 Å². The molecule has 0 aliphatic rings. The molecule has 0 aliphatic heterocycles. The third-order valence-corrected chi connectivity index (χ3v) is 4.73. The van der Waals surface area contributed by atoms with Crippen LogP contribution in [0, 0.1) is 0 Å². The zero-order valence-corrected chi connectivity index (χ0v) is 15.9. The molecule has 0 heterocycles. The summed E-state index contributed by atoms with van der Waals surface area (Å²) in [5.41, 5.74) is 1.34. The number of rotatable bonds is 8. The molecule has 0 bridgehead atoms. The first-order valence-electron chi connectivity index (χ1n) is 7.90. The Labute approximate surface area is 145 Å². The van der Waals surface area contributed by atoms with Gasteiger partial charge in [-0.25, -0.2) is 8.42 Å². The maximum atomic E-state index is 12.3. The van der Waals surface area contributed by atoms with Crippen LogP contribution in [0.2, 0.25) is 0 Å². The van der Waals surface area contributed by atoms with Crippen molar-refractivity contribution in [2.75, 3.05) is 37.4 Å². The van der Waals surface area contributed by atoms with Gasteiger partial charge in [-0.05, 0) is 17.0 Å². The number of amides is 1. The number of sulfonamides is 1. The van der Waals surface area contributed by atoms with Crippen LogP contribution in [0.15, 0.2) is 24.3 Å². The van der Waals surface area contributed by atoms with Crippen LogP contribution >= 0.6 is 0 Å². The van der Waals surface area contributed by atoms with Crippen molar-refractivity contribution in [1.82, 2.24) is 5.32 Å². The number of hydrogen-bond acceptors (Lipinski definition) is 4. The predicted octanol–water partition coefficient (Wildman–Crippen LogP) is 1.90. The summed E-state index contributed by atoms with van der Waals surface area (Å²) < 4.78 is 30.7. The zero-order valence-electron chi connectivity index (χ0n) is 15.1. The minimum atomic E-state index is -3.49. The summed E-state index contributed by atoms with van der Waals surface area (Å²) in [5.74, 6) is -0.200. The van der Waals surface area contributed by atoms with Crippen LogP contribution in [-0.2, 0) is 25.0 Å². The van der Waals surface area contributed by atoms with Crippen molar-refractivity contribution in [1.29, 1.82) is 0 Å². The number of nitrogens with one attached hydrogen (secondary N) is 1. The predicted molar refractivity (Wildman–Crippen MR) is 96.8 cm³/mol. The molecule has 0 spiro atoms. The molecule has 1 amide bonds. The SMILES string of the molecule is COCCNC(=O)CCN(c1ccccc1C(C)(C)C)S(C)(=O)=O. The molecule has 7 heteroatoms. The van der Waals surface area contributed by atoms with Gasteiger partial charge in [-0.3, -0.25) is 9.10 Å². The van der Waals surface area contributed by atoms with Crippen LogP contribution < -0.4 is 9.62 Å². The first-order chi connectivity index (χ1) is 11.1. The number of hydrogen-bond donors (Lipinski definition) is 1. The minimum Gasteiger partial charge on any atom is -0.383 e. The molecule has 0 unspecified atom stereocenters. The Morgan fingerprint density at radius 3 is 2.42 bits per heavy atom. The fraction of sp³-hybridized carbons (Fsp3) is 0.588. The molecule has 0 fully saturated rings. The van der Waals surface area contributed by atoms with E-state index in [4.69, 9.17) is 4.74 Å². The number of methoxy groups -OCH3 is 1. The van der Waals surface area contributed by atoms with Gasteiger partial charge in [-0.2, -0.15) is 0 Å². The zero-order chi connectivity index (χ0) is 18.4. The Balaban J connectivity index is 2.99. The van der Waals surface area contributed by atoms with Crippen molar-refractivity contribution in [3.63, 3.8) is 0 Å². The summed E-state index contributed by atoms with van der Waals surface area (Å²) in [6.45, 7) is 7.03. The lowest BCUT2D eigenvalue weighted by Crippen LogP contribution is -2.36. The number of nitrogens with zero attached hydrogens (tertiary/aromatic N) is 1. The van der Waals surface area contributed by atoms with Gasteiger partial charge in [0.1, 0.15) is 0 Å². The maximum Gasteiger partial charge on any atom is 0.232 e. The fourth-order valence-electron chi connectivity index (χ4n) is 2.37. The van der Waals surface area contributed by atoms with Crippen molar-refractivity contribution in [3.05, 3.63) is 29.8 Å². The fourth-order valence-corrected chi connectivity index (χ4v) is 3.31. The van der Waals surface area contributed by atoms with E-state index in [1.54, 1.807) is 19.2 Å². The second kappa shape index (κ2) is 8.48. The topological polar surface area (TPSA) is 75.7 Å². The quantitative estimate of drug-likeness (QED) is 0.722. The van der Waals surface area contributed by atoms with Crippen molar-refractivity contribution in [2.45, 2.75) is 32.6 Å². The van der Waals surface area contributed by atoms with E-state index in [0.29, 0.717) is 18.8 Å². The van der Waals surface area contributed by atoms with E-state index in [0.717, 1.165) is 11.8 Å². The Morgan fingerprint density at radius 2 is 1.88 bits per heavy atom. The van der Waals surface area contributed by atoms with E-state index in [9.17, 15) is 13.2 Å². The second-order valence-electron chi connectivity index (χ2n) is 6.70. The lowest BCUT2D eigenvalue weighted by molar-refractivity contribution is -0.121. The molecule has 136 valence electrons. The number of carbonyl (C=O) groups is 1. The molecule has 0 aliphatic carbocycles. The van der Waals surface area contributed by atoms with Crippen LogP contribution in [0.5, 0.6) is 0 Å².